The molecule has 1 aromatic heterocycles. The van der Waals surface area contributed by atoms with Gasteiger partial charge in [0.15, 0.2) is 0 Å². The molecular weight excluding hydrogens is 228 g/mol. The van der Waals surface area contributed by atoms with Crippen LogP contribution in [-0.4, -0.2) is 33.8 Å². The summed E-state index contributed by atoms with van der Waals surface area (Å²) in [5.74, 6) is 1.49. The highest BCUT2D eigenvalue weighted by molar-refractivity contribution is 5.89. The maximum atomic E-state index is 12.1. The van der Waals surface area contributed by atoms with Crippen molar-refractivity contribution in [3.8, 4) is 0 Å². The maximum absolute atomic E-state index is 12.1. The lowest BCUT2D eigenvalue weighted by Crippen LogP contribution is -2.33. The number of fused-ring (bicyclic) bond motifs is 1. The molecule has 2 unspecified atom stereocenters. The molecule has 1 aliphatic carbocycles. The van der Waals surface area contributed by atoms with Gasteiger partial charge in [-0.1, -0.05) is 6.42 Å². The Labute approximate surface area is 107 Å². The molecule has 5 nitrogen and oxygen atoms in total. The molecule has 2 atom stereocenters. The fourth-order valence-corrected chi connectivity index (χ4v) is 3.20. The van der Waals surface area contributed by atoms with Gasteiger partial charge in [0.25, 0.3) is 0 Å². The lowest BCUT2D eigenvalue weighted by molar-refractivity contribution is 0.219. The van der Waals surface area contributed by atoms with E-state index in [9.17, 15) is 4.79 Å². The van der Waals surface area contributed by atoms with Gasteiger partial charge in [-0.3, -0.25) is 4.68 Å². The van der Waals surface area contributed by atoms with Crippen LogP contribution >= 0.6 is 0 Å². The molecule has 1 saturated heterocycles. The van der Waals surface area contributed by atoms with Gasteiger partial charge >= 0.3 is 6.03 Å². The van der Waals surface area contributed by atoms with Gasteiger partial charge in [0.05, 0.1) is 11.9 Å². The number of amides is 2. The van der Waals surface area contributed by atoms with Crippen LogP contribution in [0.1, 0.15) is 26.2 Å². The maximum Gasteiger partial charge on any atom is 0.321 e. The summed E-state index contributed by atoms with van der Waals surface area (Å²) in [6.45, 7) is 4.71. The number of carbonyl (C=O) groups excluding carboxylic acids is 1. The molecule has 1 N–H and O–H groups in total. The highest BCUT2D eigenvalue weighted by atomic mass is 16.2. The van der Waals surface area contributed by atoms with Crippen LogP contribution in [0.4, 0.5) is 10.5 Å². The first-order valence-electron chi connectivity index (χ1n) is 6.84. The summed E-state index contributed by atoms with van der Waals surface area (Å²) in [7, 11) is 0. The number of urea groups is 1. The molecule has 5 heteroatoms. The van der Waals surface area contributed by atoms with Crippen LogP contribution in [0.15, 0.2) is 12.4 Å². The van der Waals surface area contributed by atoms with Gasteiger partial charge in [-0.05, 0) is 31.6 Å². The van der Waals surface area contributed by atoms with E-state index >= 15 is 0 Å². The van der Waals surface area contributed by atoms with Gasteiger partial charge in [0.2, 0.25) is 0 Å². The van der Waals surface area contributed by atoms with Crippen LogP contribution in [0.5, 0.6) is 0 Å². The van der Waals surface area contributed by atoms with Crippen molar-refractivity contribution < 1.29 is 4.79 Å². The van der Waals surface area contributed by atoms with Crippen LogP contribution < -0.4 is 5.32 Å². The molecule has 3 rings (SSSR count). The van der Waals surface area contributed by atoms with Crippen LogP contribution in [0, 0.1) is 11.8 Å². The molecule has 1 saturated carbocycles. The molecular formula is C13H20N4O. The van der Waals surface area contributed by atoms with E-state index in [1.54, 1.807) is 6.20 Å². The Kier molecular flexibility index (Phi) is 2.97. The van der Waals surface area contributed by atoms with E-state index in [1.165, 1.54) is 19.3 Å². The Morgan fingerprint density at radius 1 is 1.44 bits per heavy atom. The van der Waals surface area contributed by atoms with Crippen LogP contribution in [0.25, 0.3) is 0 Å². The van der Waals surface area contributed by atoms with Crippen molar-refractivity contribution in [3.63, 3.8) is 0 Å². The molecule has 1 aromatic rings. The van der Waals surface area contributed by atoms with Crippen LogP contribution in [0.2, 0.25) is 0 Å². The van der Waals surface area contributed by atoms with Crippen molar-refractivity contribution in [1.29, 1.82) is 0 Å². The number of aromatic nitrogens is 2. The van der Waals surface area contributed by atoms with Crippen LogP contribution in [0.3, 0.4) is 0 Å². The molecule has 0 radical (unpaired) electrons. The van der Waals surface area contributed by atoms with E-state index in [0.29, 0.717) is 0 Å². The normalized spacial score (nSPS) is 26.4. The van der Waals surface area contributed by atoms with Crippen molar-refractivity contribution >= 4 is 11.7 Å². The van der Waals surface area contributed by atoms with E-state index in [2.05, 4.69) is 10.4 Å². The predicted molar refractivity (Wildman–Crippen MR) is 69.3 cm³/mol. The monoisotopic (exact) mass is 248 g/mol. The summed E-state index contributed by atoms with van der Waals surface area (Å²) in [6.07, 6.45) is 7.51. The molecule has 2 amide bonds. The Morgan fingerprint density at radius 2 is 2.17 bits per heavy atom. The number of nitrogens with one attached hydrogen (secondary N) is 1. The third-order valence-electron chi connectivity index (χ3n) is 4.22. The highest BCUT2D eigenvalue weighted by Crippen LogP contribution is 2.37. The van der Waals surface area contributed by atoms with Gasteiger partial charge in [-0.15, -0.1) is 0 Å². The summed E-state index contributed by atoms with van der Waals surface area (Å²) in [5, 5.41) is 7.09. The second-order valence-electron chi connectivity index (χ2n) is 5.37. The number of likely N-dealkylation sites (tertiary alicyclic amines) is 1. The number of carbonyl (C=O) groups is 1. The Morgan fingerprint density at radius 3 is 2.78 bits per heavy atom. The molecule has 0 bridgehead atoms. The quantitative estimate of drug-likeness (QED) is 0.872. The van der Waals surface area contributed by atoms with Gasteiger partial charge in [0.1, 0.15) is 0 Å². The minimum Gasteiger partial charge on any atom is -0.324 e. The number of hydrogen-bond donors (Lipinski definition) is 1. The van der Waals surface area contributed by atoms with Crippen LogP contribution in [-0.2, 0) is 6.54 Å². The third kappa shape index (κ3) is 2.09. The first-order chi connectivity index (χ1) is 8.76. The zero-order valence-corrected chi connectivity index (χ0v) is 10.8. The van der Waals surface area contributed by atoms with E-state index in [-0.39, 0.29) is 6.03 Å². The number of hydrogen-bond acceptors (Lipinski definition) is 2. The molecule has 1 aliphatic heterocycles. The van der Waals surface area contributed by atoms with E-state index in [0.717, 1.165) is 37.2 Å². The van der Waals surface area contributed by atoms with E-state index < -0.39 is 0 Å². The minimum atomic E-state index is 0.0278. The first-order valence-corrected chi connectivity index (χ1v) is 6.84. The first kappa shape index (κ1) is 11.6. The summed E-state index contributed by atoms with van der Waals surface area (Å²) in [6, 6.07) is 0.0278. The molecule has 98 valence electrons. The van der Waals surface area contributed by atoms with Gasteiger partial charge in [-0.25, -0.2) is 4.79 Å². The predicted octanol–water partition coefficient (Wildman–Crippen LogP) is 2.17. The highest BCUT2D eigenvalue weighted by Gasteiger charge is 2.37. The Bertz CT molecular complexity index is 430. The minimum absolute atomic E-state index is 0.0278. The lowest BCUT2D eigenvalue weighted by atomic mass is 10.0. The third-order valence-corrected chi connectivity index (χ3v) is 4.22. The summed E-state index contributed by atoms with van der Waals surface area (Å²) >= 11 is 0. The van der Waals surface area contributed by atoms with Gasteiger partial charge in [0, 0.05) is 25.8 Å². The molecule has 18 heavy (non-hydrogen) atoms. The number of nitrogens with zero attached hydrogens (tertiary/aromatic N) is 3. The molecule has 0 spiro atoms. The Hall–Kier alpha value is -1.52. The zero-order chi connectivity index (χ0) is 12.5. The fourth-order valence-electron chi connectivity index (χ4n) is 3.20. The van der Waals surface area contributed by atoms with Crippen molar-refractivity contribution in [2.45, 2.75) is 32.7 Å². The van der Waals surface area contributed by atoms with Gasteiger partial charge in [-0.2, -0.15) is 5.10 Å². The molecule has 2 heterocycles. The number of aryl methyl sites for hydroxylation is 1. The fraction of sp³-hybridized carbons (Fsp3) is 0.692. The second kappa shape index (κ2) is 4.63. The van der Waals surface area contributed by atoms with E-state index in [4.69, 9.17) is 0 Å². The summed E-state index contributed by atoms with van der Waals surface area (Å²) in [4.78, 5) is 14.1. The average molecular weight is 248 g/mol. The average Bonchev–Trinajstić information content (AvgIpc) is 3.02. The van der Waals surface area contributed by atoms with Gasteiger partial charge < -0.3 is 10.2 Å². The molecule has 0 aromatic carbocycles. The van der Waals surface area contributed by atoms with E-state index in [1.807, 2.05) is 22.7 Å². The lowest BCUT2D eigenvalue weighted by Gasteiger charge is -2.17. The number of anilines is 1. The van der Waals surface area contributed by atoms with Crippen molar-refractivity contribution in [3.05, 3.63) is 12.4 Å². The molecule has 2 aliphatic rings. The van der Waals surface area contributed by atoms with Crippen molar-refractivity contribution in [2.24, 2.45) is 11.8 Å². The number of rotatable bonds is 2. The van der Waals surface area contributed by atoms with Crippen molar-refractivity contribution in [1.82, 2.24) is 14.7 Å². The summed E-state index contributed by atoms with van der Waals surface area (Å²) < 4.78 is 1.81. The smallest absolute Gasteiger partial charge is 0.321 e. The Balaban J connectivity index is 1.58. The summed E-state index contributed by atoms with van der Waals surface area (Å²) in [5.41, 5.74) is 0.791. The van der Waals surface area contributed by atoms with Crippen molar-refractivity contribution in [2.75, 3.05) is 18.4 Å². The molecule has 2 fully saturated rings. The second-order valence-corrected chi connectivity index (χ2v) is 5.37. The zero-order valence-electron chi connectivity index (χ0n) is 10.8. The largest absolute Gasteiger partial charge is 0.324 e. The SMILES string of the molecule is CCn1cc(NC(=O)N2CC3CCCC3C2)cn1. The standard InChI is InChI=1S/C13H20N4O/c1-2-17-9-12(6-14-17)15-13(18)16-7-10-4-3-5-11(10)8-16/h6,9-11H,2-5,7-8H2,1H3,(H,15,18). The topological polar surface area (TPSA) is 50.2 Å².